The highest BCUT2D eigenvalue weighted by Gasteiger charge is 2.49. The zero-order valence-corrected chi connectivity index (χ0v) is 12.8. The number of ether oxygens (including phenoxy) is 1. The molecule has 1 aliphatic carbocycles. The predicted octanol–water partition coefficient (Wildman–Crippen LogP) is 3.29. The Morgan fingerprint density at radius 1 is 1.16 bits per heavy atom. The van der Waals surface area contributed by atoms with Crippen molar-refractivity contribution in [2.24, 2.45) is 5.41 Å². The van der Waals surface area contributed by atoms with Gasteiger partial charge in [0.15, 0.2) is 0 Å². The number of nitrogens with one attached hydrogen (secondary N) is 1. The topological polar surface area (TPSA) is 21.3 Å². The molecule has 0 amide bonds. The Balaban J connectivity index is 2.06. The third-order valence-electron chi connectivity index (χ3n) is 4.24. The number of rotatable bonds is 6. The highest BCUT2D eigenvalue weighted by molar-refractivity contribution is 5.33. The highest BCUT2D eigenvalue weighted by atomic mass is 16.5. The first kappa shape index (κ1) is 14.5. The van der Waals surface area contributed by atoms with Crippen LogP contribution in [0.25, 0.3) is 0 Å². The second-order valence-corrected chi connectivity index (χ2v) is 6.83. The predicted molar refractivity (Wildman–Crippen MR) is 80.6 cm³/mol. The monoisotopic (exact) mass is 261 g/mol. The van der Waals surface area contributed by atoms with Gasteiger partial charge in [-0.05, 0) is 30.7 Å². The number of hydrogen-bond acceptors (Lipinski definition) is 2. The van der Waals surface area contributed by atoms with Gasteiger partial charge in [0.2, 0.25) is 0 Å². The molecule has 1 aromatic rings. The van der Waals surface area contributed by atoms with Crippen molar-refractivity contribution in [1.82, 2.24) is 5.32 Å². The van der Waals surface area contributed by atoms with E-state index < -0.39 is 0 Å². The van der Waals surface area contributed by atoms with Crippen molar-refractivity contribution in [3.8, 4) is 0 Å². The zero-order valence-electron chi connectivity index (χ0n) is 12.8. The summed E-state index contributed by atoms with van der Waals surface area (Å²) in [5.74, 6) is 0. The molecule has 0 bridgehead atoms. The van der Waals surface area contributed by atoms with Gasteiger partial charge in [0.1, 0.15) is 0 Å². The van der Waals surface area contributed by atoms with E-state index in [1.165, 1.54) is 24.0 Å². The van der Waals surface area contributed by atoms with Crippen LogP contribution in [-0.2, 0) is 10.2 Å². The third-order valence-corrected chi connectivity index (χ3v) is 4.24. The van der Waals surface area contributed by atoms with E-state index in [0.29, 0.717) is 10.8 Å². The maximum atomic E-state index is 5.11. The van der Waals surface area contributed by atoms with Crippen molar-refractivity contribution in [3.05, 3.63) is 35.4 Å². The third kappa shape index (κ3) is 3.37. The minimum absolute atomic E-state index is 0.324. The summed E-state index contributed by atoms with van der Waals surface area (Å²) in [6.07, 6.45) is 2.53. The maximum Gasteiger partial charge on any atom is 0.0587 e. The van der Waals surface area contributed by atoms with E-state index in [1.54, 1.807) is 7.11 Å². The summed E-state index contributed by atoms with van der Waals surface area (Å²) in [5.41, 5.74) is 3.63. The van der Waals surface area contributed by atoms with E-state index in [-0.39, 0.29) is 0 Å². The molecule has 0 saturated heterocycles. The van der Waals surface area contributed by atoms with Crippen molar-refractivity contribution < 1.29 is 4.74 Å². The standard InChI is InChI=1S/C17H27NO/c1-14-5-7-15(8-6-14)17(11-16(2,3)12-17)13-18-9-10-19-4/h5-8,18H,9-13H2,1-4H3. The fourth-order valence-electron chi connectivity index (χ4n) is 3.62. The van der Waals surface area contributed by atoms with Crippen LogP contribution in [-0.4, -0.2) is 26.8 Å². The van der Waals surface area contributed by atoms with Gasteiger partial charge >= 0.3 is 0 Å². The minimum atomic E-state index is 0.324. The second kappa shape index (κ2) is 5.64. The molecule has 0 aliphatic heterocycles. The van der Waals surface area contributed by atoms with Crippen molar-refractivity contribution in [2.75, 3.05) is 26.8 Å². The summed E-state index contributed by atoms with van der Waals surface area (Å²) in [6, 6.07) is 9.08. The zero-order chi connectivity index (χ0) is 13.9. The molecular weight excluding hydrogens is 234 g/mol. The van der Waals surface area contributed by atoms with E-state index in [4.69, 9.17) is 4.74 Å². The van der Waals surface area contributed by atoms with Crippen LogP contribution in [0.4, 0.5) is 0 Å². The van der Waals surface area contributed by atoms with Crippen LogP contribution < -0.4 is 5.32 Å². The fraction of sp³-hybridized carbons (Fsp3) is 0.647. The Bertz CT molecular complexity index is 400. The molecule has 0 radical (unpaired) electrons. The van der Waals surface area contributed by atoms with E-state index in [9.17, 15) is 0 Å². The Morgan fingerprint density at radius 2 is 1.79 bits per heavy atom. The average molecular weight is 261 g/mol. The summed E-state index contributed by atoms with van der Waals surface area (Å²) in [4.78, 5) is 0. The first-order valence-corrected chi connectivity index (χ1v) is 7.24. The molecule has 0 unspecified atom stereocenters. The molecule has 0 aromatic heterocycles. The van der Waals surface area contributed by atoms with Crippen molar-refractivity contribution in [2.45, 2.75) is 39.0 Å². The molecule has 2 nitrogen and oxygen atoms in total. The quantitative estimate of drug-likeness (QED) is 0.793. The highest BCUT2D eigenvalue weighted by Crippen LogP contribution is 2.54. The molecule has 106 valence electrons. The van der Waals surface area contributed by atoms with Gasteiger partial charge < -0.3 is 10.1 Å². The first-order chi connectivity index (χ1) is 8.97. The van der Waals surface area contributed by atoms with Crippen LogP contribution in [0.5, 0.6) is 0 Å². The molecule has 1 aromatic carbocycles. The van der Waals surface area contributed by atoms with Gasteiger partial charge in [-0.3, -0.25) is 0 Å². The van der Waals surface area contributed by atoms with E-state index in [2.05, 4.69) is 50.4 Å². The van der Waals surface area contributed by atoms with Gasteiger partial charge in [-0.2, -0.15) is 0 Å². The van der Waals surface area contributed by atoms with E-state index in [1.807, 2.05) is 0 Å². The van der Waals surface area contributed by atoms with Gasteiger partial charge in [-0.25, -0.2) is 0 Å². The molecule has 1 saturated carbocycles. The van der Waals surface area contributed by atoms with Gasteiger partial charge in [0.05, 0.1) is 6.61 Å². The first-order valence-electron chi connectivity index (χ1n) is 7.24. The molecule has 19 heavy (non-hydrogen) atoms. The molecule has 0 spiro atoms. The molecule has 1 fully saturated rings. The molecule has 1 N–H and O–H groups in total. The normalized spacial score (nSPS) is 20.0. The molecule has 0 heterocycles. The van der Waals surface area contributed by atoms with Gasteiger partial charge in [0, 0.05) is 25.6 Å². The second-order valence-electron chi connectivity index (χ2n) is 6.83. The van der Waals surface area contributed by atoms with Crippen LogP contribution in [0, 0.1) is 12.3 Å². The van der Waals surface area contributed by atoms with Crippen LogP contribution in [0.3, 0.4) is 0 Å². The van der Waals surface area contributed by atoms with Crippen LogP contribution in [0.2, 0.25) is 0 Å². The van der Waals surface area contributed by atoms with Gasteiger partial charge in [-0.1, -0.05) is 43.7 Å². The van der Waals surface area contributed by atoms with Crippen molar-refractivity contribution >= 4 is 0 Å². The number of methoxy groups -OCH3 is 1. The largest absolute Gasteiger partial charge is 0.383 e. The molecule has 0 atom stereocenters. The Labute approximate surface area is 117 Å². The van der Waals surface area contributed by atoms with Crippen molar-refractivity contribution in [1.29, 1.82) is 0 Å². The van der Waals surface area contributed by atoms with Crippen LogP contribution in [0.1, 0.15) is 37.8 Å². The lowest BCUT2D eigenvalue weighted by molar-refractivity contribution is 0.0548. The lowest BCUT2D eigenvalue weighted by Gasteiger charge is -2.54. The summed E-state index contributed by atoms with van der Waals surface area (Å²) < 4.78 is 5.11. The number of aryl methyl sites for hydroxylation is 1. The van der Waals surface area contributed by atoms with Gasteiger partial charge in [-0.15, -0.1) is 0 Å². The molecular formula is C17H27NO. The van der Waals surface area contributed by atoms with E-state index in [0.717, 1.165) is 19.7 Å². The van der Waals surface area contributed by atoms with Crippen LogP contribution in [0.15, 0.2) is 24.3 Å². The lowest BCUT2D eigenvalue weighted by Crippen LogP contribution is -2.52. The lowest BCUT2D eigenvalue weighted by atomic mass is 9.52. The number of hydrogen-bond donors (Lipinski definition) is 1. The Morgan fingerprint density at radius 3 is 2.32 bits per heavy atom. The molecule has 2 rings (SSSR count). The minimum Gasteiger partial charge on any atom is -0.383 e. The summed E-state index contributed by atoms with van der Waals surface area (Å²) in [5, 5.41) is 3.55. The van der Waals surface area contributed by atoms with Gasteiger partial charge in [0.25, 0.3) is 0 Å². The maximum absolute atomic E-state index is 5.11. The van der Waals surface area contributed by atoms with Crippen LogP contribution >= 0.6 is 0 Å². The molecule has 2 heteroatoms. The smallest absolute Gasteiger partial charge is 0.0587 e. The van der Waals surface area contributed by atoms with E-state index >= 15 is 0 Å². The van der Waals surface area contributed by atoms with Crippen molar-refractivity contribution in [3.63, 3.8) is 0 Å². The Hall–Kier alpha value is -0.860. The summed E-state index contributed by atoms with van der Waals surface area (Å²) in [6.45, 7) is 9.67. The summed E-state index contributed by atoms with van der Waals surface area (Å²) in [7, 11) is 1.75. The number of benzene rings is 1. The SMILES string of the molecule is COCCNCC1(c2ccc(C)cc2)CC(C)(C)C1. The average Bonchev–Trinajstić information content (AvgIpc) is 2.33. The fourth-order valence-corrected chi connectivity index (χ4v) is 3.62. The molecule has 1 aliphatic rings. The summed E-state index contributed by atoms with van der Waals surface area (Å²) >= 11 is 0. The Kier molecular flexibility index (Phi) is 4.32.